The molecular formula is C23H34N2O5S. The highest BCUT2D eigenvalue weighted by Crippen LogP contribution is 2.33. The first-order valence-electron chi connectivity index (χ1n) is 11.6. The number of benzene rings is 1. The van der Waals surface area contributed by atoms with Gasteiger partial charge in [0.1, 0.15) is 10.6 Å². The van der Waals surface area contributed by atoms with Gasteiger partial charge < -0.3 is 14.4 Å². The highest BCUT2D eigenvalue weighted by Gasteiger charge is 2.34. The summed E-state index contributed by atoms with van der Waals surface area (Å²) >= 11 is 0. The van der Waals surface area contributed by atoms with Crippen LogP contribution in [0, 0.1) is 0 Å². The van der Waals surface area contributed by atoms with Crippen LogP contribution in [-0.4, -0.2) is 69.0 Å². The Bertz CT molecular complexity index is 854. The Morgan fingerprint density at radius 3 is 2.19 bits per heavy atom. The molecule has 1 amide bonds. The Hall–Kier alpha value is -1.64. The molecule has 172 valence electrons. The fraction of sp³-hybridized carbons (Fsp3) is 0.696. The second kappa shape index (κ2) is 9.88. The van der Waals surface area contributed by atoms with Crippen molar-refractivity contribution in [2.45, 2.75) is 74.8 Å². The van der Waals surface area contributed by atoms with Gasteiger partial charge in [-0.25, -0.2) is 8.42 Å². The van der Waals surface area contributed by atoms with Gasteiger partial charge in [-0.3, -0.25) is 4.79 Å². The van der Waals surface area contributed by atoms with Gasteiger partial charge in [0.2, 0.25) is 15.9 Å². The van der Waals surface area contributed by atoms with E-state index in [1.165, 1.54) is 37.1 Å². The number of sulfonamides is 1. The molecule has 0 atom stereocenters. The van der Waals surface area contributed by atoms with Crippen LogP contribution in [0.5, 0.6) is 5.75 Å². The molecule has 0 N–H and O–H groups in total. The first-order chi connectivity index (χ1) is 15.0. The maximum absolute atomic E-state index is 13.4. The topological polar surface area (TPSA) is 76.2 Å². The predicted octanol–water partition coefficient (Wildman–Crippen LogP) is 2.97. The zero-order valence-electron chi connectivity index (χ0n) is 18.4. The fourth-order valence-electron chi connectivity index (χ4n) is 5.29. The Balaban J connectivity index is 1.57. The van der Waals surface area contributed by atoms with Crippen molar-refractivity contribution in [1.29, 1.82) is 0 Å². The van der Waals surface area contributed by atoms with Gasteiger partial charge in [-0.15, -0.1) is 0 Å². The van der Waals surface area contributed by atoms with Crippen molar-refractivity contribution < 1.29 is 22.7 Å². The summed E-state index contributed by atoms with van der Waals surface area (Å²) in [4.78, 5) is 15.7. The molecule has 0 aromatic heterocycles. The molecular weight excluding hydrogens is 416 g/mol. The quantitative estimate of drug-likeness (QED) is 0.638. The summed E-state index contributed by atoms with van der Waals surface area (Å²) in [7, 11) is -2.24. The summed E-state index contributed by atoms with van der Waals surface area (Å²) in [5, 5.41) is 0. The van der Waals surface area contributed by atoms with E-state index in [9.17, 15) is 13.2 Å². The summed E-state index contributed by atoms with van der Waals surface area (Å²) in [6.45, 7) is 1.42. The van der Waals surface area contributed by atoms with Crippen LogP contribution in [0.4, 0.5) is 0 Å². The van der Waals surface area contributed by atoms with Gasteiger partial charge in [-0.2, -0.15) is 4.31 Å². The van der Waals surface area contributed by atoms with Crippen LogP contribution >= 0.6 is 0 Å². The lowest BCUT2D eigenvalue weighted by Gasteiger charge is -2.35. The zero-order chi connectivity index (χ0) is 21.8. The van der Waals surface area contributed by atoms with Gasteiger partial charge in [0, 0.05) is 25.2 Å². The summed E-state index contributed by atoms with van der Waals surface area (Å²) in [5.74, 6) is 0.435. The minimum Gasteiger partial charge on any atom is -0.495 e. The zero-order valence-corrected chi connectivity index (χ0v) is 19.2. The second-order valence-electron chi connectivity index (χ2n) is 8.86. The van der Waals surface area contributed by atoms with Crippen molar-refractivity contribution in [2.24, 2.45) is 0 Å². The van der Waals surface area contributed by atoms with Crippen molar-refractivity contribution in [1.82, 2.24) is 9.21 Å². The van der Waals surface area contributed by atoms with E-state index in [2.05, 4.69) is 4.90 Å². The molecule has 0 unspecified atom stereocenters. The molecule has 31 heavy (non-hydrogen) atoms. The van der Waals surface area contributed by atoms with Gasteiger partial charge >= 0.3 is 0 Å². The third kappa shape index (κ3) is 4.91. The van der Waals surface area contributed by atoms with Gasteiger partial charge in [0.15, 0.2) is 0 Å². The Morgan fingerprint density at radius 1 is 1.06 bits per heavy atom. The highest BCUT2D eigenvalue weighted by molar-refractivity contribution is 7.89. The lowest BCUT2D eigenvalue weighted by molar-refractivity contribution is -0.135. The lowest BCUT2D eigenvalue weighted by atomic mass is 10.1. The molecule has 1 heterocycles. The molecule has 3 fully saturated rings. The number of nitrogens with zero attached hydrogens (tertiary/aromatic N) is 2. The largest absolute Gasteiger partial charge is 0.495 e. The van der Waals surface area contributed by atoms with Crippen LogP contribution in [0.3, 0.4) is 0 Å². The number of carbonyl (C=O) groups excluding carboxylic acids is 1. The molecule has 8 heteroatoms. The molecule has 3 aliphatic rings. The van der Waals surface area contributed by atoms with Crippen molar-refractivity contribution in [2.75, 3.05) is 33.4 Å². The van der Waals surface area contributed by atoms with E-state index in [4.69, 9.17) is 9.47 Å². The van der Waals surface area contributed by atoms with Crippen molar-refractivity contribution in [3.63, 3.8) is 0 Å². The van der Waals surface area contributed by atoms with Crippen LogP contribution < -0.4 is 4.74 Å². The molecule has 1 aliphatic heterocycles. The van der Waals surface area contributed by atoms with E-state index in [1.807, 2.05) is 6.07 Å². The number of ether oxygens (including phenoxy) is 2. The number of morpholine rings is 1. The molecule has 2 aliphatic carbocycles. The summed E-state index contributed by atoms with van der Waals surface area (Å²) in [6.07, 6.45) is 9.31. The SMILES string of the molecule is COc1ccc(CC(=O)N(C2CCCC2)C2CCCC2)cc1S(=O)(=O)N1CCOCC1. The molecule has 4 rings (SSSR count). The second-order valence-corrected chi connectivity index (χ2v) is 10.8. The van der Waals surface area contributed by atoms with E-state index in [0.717, 1.165) is 31.2 Å². The van der Waals surface area contributed by atoms with E-state index in [1.54, 1.807) is 12.1 Å². The van der Waals surface area contributed by atoms with Gasteiger partial charge in [0.05, 0.1) is 26.7 Å². The van der Waals surface area contributed by atoms with E-state index < -0.39 is 10.0 Å². The van der Waals surface area contributed by atoms with Gasteiger partial charge in [0.25, 0.3) is 0 Å². The number of hydrogen-bond donors (Lipinski definition) is 0. The van der Waals surface area contributed by atoms with Crippen LogP contribution in [0.2, 0.25) is 0 Å². The normalized spacial score (nSPS) is 21.5. The molecule has 0 radical (unpaired) electrons. The van der Waals surface area contributed by atoms with E-state index in [0.29, 0.717) is 44.1 Å². The fourth-order valence-corrected chi connectivity index (χ4v) is 6.91. The van der Waals surface area contributed by atoms with Crippen LogP contribution in [-0.2, 0) is 26.0 Å². The highest BCUT2D eigenvalue weighted by atomic mass is 32.2. The molecule has 1 aromatic carbocycles. The summed E-state index contributed by atoms with van der Waals surface area (Å²) in [6, 6.07) is 5.79. The minimum absolute atomic E-state index is 0.124. The first kappa shape index (κ1) is 22.6. The average molecular weight is 451 g/mol. The monoisotopic (exact) mass is 450 g/mol. The Labute approximate surface area is 185 Å². The lowest BCUT2D eigenvalue weighted by Crippen LogP contribution is -2.45. The smallest absolute Gasteiger partial charge is 0.246 e. The maximum atomic E-state index is 13.4. The van der Waals surface area contributed by atoms with Crippen molar-refractivity contribution >= 4 is 15.9 Å². The number of hydrogen-bond acceptors (Lipinski definition) is 5. The standard InChI is InChI=1S/C23H34N2O5S/c1-29-21-11-10-18(16-22(21)31(27,28)24-12-14-30-15-13-24)17-23(26)25(19-6-2-3-7-19)20-8-4-5-9-20/h10-11,16,19-20H,2-9,12-15,17H2,1H3. The third-order valence-electron chi connectivity index (χ3n) is 6.90. The van der Waals surface area contributed by atoms with Gasteiger partial charge in [-0.1, -0.05) is 31.7 Å². The predicted molar refractivity (Wildman–Crippen MR) is 118 cm³/mol. The van der Waals surface area contributed by atoms with Crippen molar-refractivity contribution in [3.05, 3.63) is 23.8 Å². The minimum atomic E-state index is -3.71. The average Bonchev–Trinajstić information content (AvgIpc) is 3.50. The number of carbonyl (C=O) groups is 1. The van der Waals surface area contributed by atoms with Crippen molar-refractivity contribution in [3.8, 4) is 5.75 Å². The molecule has 2 saturated carbocycles. The molecule has 1 aromatic rings. The third-order valence-corrected chi connectivity index (χ3v) is 8.82. The molecule has 7 nitrogen and oxygen atoms in total. The summed E-state index contributed by atoms with van der Waals surface area (Å²) < 4.78 is 38.6. The number of rotatable bonds is 7. The van der Waals surface area contributed by atoms with Gasteiger partial charge in [-0.05, 0) is 43.4 Å². The number of methoxy groups -OCH3 is 1. The Morgan fingerprint density at radius 2 is 1.65 bits per heavy atom. The summed E-state index contributed by atoms with van der Waals surface area (Å²) in [5.41, 5.74) is 0.721. The first-order valence-corrected chi connectivity index (χ1v) is 13.0. The van der Waals surface area contributed by atoms with Crippen LogP contribution in [0.25, 0.3) is 0 Å². The Kier molecular flexibility index (Phi) is 7.19. The maximum Gasteiger partial charge on any atom is 0.246 e. The van der Waals surface area contributed by atoms with Crippen LogP contribution in [0.1, 0.15) is 56.9 Å². The molecule has 0 bridgehead atoms. The van der Waals surface area contributed by atoms with Crippen LogP contribution in [0.15, 0.2) is 23.1 Å². The van der Waals surface area contributed by atoms with E-state index >= 15 is 0 Å². The molecule has 1 saturated heterocycles. The number of amides is 1. The molecule has 0 spiro atoms. The van der Waals surface area contributed by atoms with E-state index in [-0.39, 0.29) is 17.2 Å².